The topological polar surface area (TPSA) is 58.9 Å². The minimum Gasteiger partial charge on any atom is -0.542 e. The molecule has 13 heteroatoms. The van der Waals surface area contributed by atoms with Crippen molar-refractivity contribution in [2.24, 2.45) is 0 Å². The number of aromatic hydroxyl groups is 2. The summed E-state index contributed by atoms with van der Waals surface area (Å²) in [6.07, 6.45) is 0. The van der Waals surface area contributed by atoms with Crippen molar-refractivity contribution >= 4 is 84.4 Å². The number of benzene rings is 4. The number of hydrogen-bond acceptors (Lipinski definition) is 4. The summed E-state index contributed by atoms with van der Waals surface area (Å²) in [6.45, 7) is 21.3. The van der Waals surface area contributed by atoms with Gasteiger partial charge >= 0.3 is 0 Å². The molecule has 0 saturated heterocycles. The number of phenols is 2. The lowest BCUT2D eigenvalue weighted by atomic mass is 10.2. The van der Waals surface area contributed by atoms with E-state index < -0.39 is 28.3 Å². The highest BCUT2D eigenvalue weighted by atomic mass is 127. The van der Waals surface area contributed by atoms with E-state index in [0.717, 1.165) is 0 Å². The quantitative estimate of drug-likeness (QED) is 0.121. The Morgan fingerprint density at radius 3 is 1.16 bits per heavy atom. The Labute approximate surface area is 331 Å². The molecule has 0 aromatic heterocycles. The number of para-hydroxylation sites is 1. The number of hydrogen-bond donors (Lipinski definition) is 2. The monoisotopic (exact) mass is 1050 g/mol. The van der Waals surface area contributed by atoms with Gasteiger partial charge < -0.3 is 19.1 Å². The molecule has 0 saturated carbocycles. The summed E-state index contributed by atoms with van der Waals surface area (Å²) in [5.41, 5.74) is 0. The molecular weight excluding hydrogens is 1010 g/mol. The fourth-order valence-electron chi connectivity index (χ4n) is 2.93. The second-order valence-corrected chi connectivity index (χ2v) is 26.8. The number of phenolic OH excluding ortho intramolecular Hbond substituents is 2. The SMILES string of the molecule is CC(C)(C)[Si](C)(C)Oc1cccc(I)c1F.CC(C)(C)[Si](C)(C)Oc1ccccc1F.Oc1cccc(I)c1F.Oc1cccc(I)c1F. The van der Waals surface area contributed by atoms with Crippen LogP contribution < -0.4 is 8.85 Å². The van der Waals surface area contributed by atoms with Crippen LogP contribution in [0.4, 0.5) is 17.6 Å². The smallest absolute Gasteiger partial charge is 0.250 e. The van der Waals surface area contributed by atoms with Gasteiger partial charge in [-0.05, 0) is 153 Å². The van der Waals surface area contributed by atoms with E-state index in [0.29, 0.717) is 22.2 Å². The molecule has 270 valence electrons. The molecule has 0 amide bonds. The van der Waals surface area contributed by atoms with E-state index in [1.54, 1.807) is 54.6 Å². The lowest BCUT2D eigenvalue weighted by Gasteiger charge is -2.36. The first-order chi connectivity index (χ1) is 22.3. The van der Waals surface area contributed by atoms with Gasteiger partial charge in [-0.2, -0.15) is 0 Å². The minimum atomic E-state index is -1.94. The molecule has 0 atom stereocenters. The van der Waals surface area contributed by atoms with Gasteiger partial charge in [0.25, 0.3) is 16.6 Å². The maximum atomic E-state index is 13.8. The predicted molar refractivity (Wildman–Crippen MR) is 223 cm³/mol. The Morgan fingerprint density at radius 2 is 0.816 bits per heavy atom. The highest BCUT2D eigenvalue weighted by Gasteiger charge is 2.40. The second kappa shape index (κ2) is 19.3. The van der Waals surface area contributed by atoms with Gasteiger partial charge in [0, 0.05) is 0 Å². The summed E-state index contributed by atoms with van der Waals surface area (Å²) in [6, 6.07) is 20.9. The minimum absolute atomic E-state index is 0.0840. The van der Waals surface area contributed by atoms with Crippen molar-refractivity contribution in [3.8, 4) is 23.0 Å². The zero-order chi connectivity index (χ0) is 38.0. The van der Waals surface area contributed by atoms with Crippen LogP contribution in [0.25, 0.3) is 0 Å². The molecule has 0 bridgehead atoms. The van der Waals surface area contributed by atoms with Crippen LogP contribution >= 0.6 is 67.8 Å². The molecule has 49 heavy (non-hydrogen) atoms. The van der Waals surface area contributed by atoms with Crippen LogP contribution in [0.1, 0.15) is 41.5 Å². The molecule has 0 aliphatic rings. The summed E-state index contributed by atoms with van der Waals surface area (Å²) in [5, 5.41) is 17.6. The summed E-state index contributed by atoms with van der Waals surface area (Å²) < 4.78 is 65.4. The van der Waals surface area contributed by atoms with Crippen molar-refractivity contribution in [2.45, 2.75) is 77.8 Å². The van der Waals surface area contributed by atoms with Gasteiger partial charge in [-0.15, -0.1) is 0 Å². The molecule has 4 nitrogen and oxygen atoms in total. The lowest BCUT2D eigenvalue weighted by Crippen LogP contribution is -2.44. The molecule has 0 fully saturated rings. The van der Waals surface area contributed by atoms with E-state index in [4.69, 9.17) is 19.1 Å². The van der Waals surface area contributed by atoms with Gasteiger partial charge in [-0.25, -0.2) is 17.6 Å². The molecule has 4 rings (SSSR count). The van der Waals surface area contributed by atoms with E-state index in [2.05, 4.69) is 67.7 Å². The van der Waals surface area contributed by atoms with Crippen molar-refractivity contribution in [1.29, 1.82) is 0 Å². The Kier molecular flexibility index (Phi) is 17.9. The fraction of sp³-hybridized carbons (Fsp3) is 0.333. The van der Waals surface area contributed by atoms with Crippen molar-refractivity contribution in [1.82, 2.24) is 0 Å². The summed E-state index contributed by atoms with van der Waals surface area (Å²) in [4.78, 5) is 0. The highest BCUT2D eigenvalue weighted by molar-refractivity contribution is 14.1. The first-order valence-electron chi connectivity index (χ1n) is 15.1. The third-order valence-electron chi connectivity index (χ3n) is 7.96. The zero-order valence-electron chi connectivity index (χ0n) is 29.4. The van der Waals surface area contributed by atoms with Crippen molar-refractivity contribution in [3.05, 3.63) is 113 Å². The third-order valence-corrected chi connectivity index (χ3v) is 19.1. The summed E-state index contributed by atoms with van der Waals surface area (Å²) in [7, 11) is -3.86. The average Bonchev–Trinajstić information content (AvgIpc) is 2.98. The lowest BCUT2D eigenvalue weighted by molar-refractivity contribution is 0.430. The van der Waals surface area contributed by atoms with Crippen LogP contribution in [0.3, 0.4) is 0 Å². The molecule has 0 aliphatic carbocycles. The van der Waals surface area contributed by atoms with Gasteiger partial charge in [0.2, 0.25) is 0 Å². The highest BCUT2D eigenvalue weighted by Crippen LogP contribution is 2.39. The van der Waals surface area contributed by atoms with E-state index in [9.17, 15) is 17.6 Å². The Bertz CT molecular complexity index is 1570. The van der Waals surface area contributed by atoms with Crippen LogP contribution in [0.2, 0.25) is 36.3 Å². The standard InChI is InChI=1S/C12H18FIOSi.C12H19FOSi.2C6H4FIO/c1-12(2,3)16(4,5)15-10-8-6-7-9(14)11(10)13;1-12(2,3)15(4,5)14-11-9-7-6-8-10(11)13;2*7-6-4(8)2-1-3-5(6)9/h6-8H,1-5H3;6-9H,1-5H3;2*1-3,9H. The van der Waals surface area contributed by atoms with Crippen molar-refractivity contribution in [3.63, 3.8) is 0 Å². The Morgan fingerprint density at radius 1 is 0.490 bits per heavy atom. The summed E-state index contributed by atoms with van der Waals surface area (Å²) in [5.74, 6) is -1.42. The molecule has 4 aromatic carbocycles. The van der Waals surface area contributed by atoms with Crippen LogP contribution in [-0.2, 0) is 0 Å². The van der Waals surface area contributed by atoms with Crippen LogP contribution in [0.5, 0.6) is 23.0 Å². The van der Waals surface area contributed by atoms with E-state index in [1.807, 2.05) is 73.8 Å². The maximum Gasteiger partial charge on any atom is 0.250 e. The van der Waals surface area contributed by atoms with Gasteiger partial charge in [0.05, 0.1) is 10.7 Å². The molecular formula is C36H45F4I3O4Si2. The molecule has 0 heterocycles. The van der Waals surface area contributed by atoms with Gasteiger partial charge in [0.1, 0.15) is 11.5 Å². The Hall–Kier alpha value is -1.58. The average molecular weight is 1050 g/mol. The number of halogens is 7. The molecule has 2 N–H and O–H groups in total. The van der Waals surface area contributed by atoms with Crippen molar-refractivity contribution < 1.29 is 36.6 Å². The molecule has 0 unspecified atom stereocenters. The van der Waals surface area contributed by atoms with E-state index in [1.165, 1.54) is 18.2 Å². The van der Waals surface area contributed by atoms with Gasteiger partial charge in [0.15, 0.2) is 34.8 Å². The summed E-state index contributed by atoms with van der Waals surface area (Å²) >= 11 is 5.61. The second-order valence-electron chi connectivity index (χ2n) is 13.9. The fourth-order valence-corrected chi connectivity index (χ4v) is 6.41. The molecule has 0 aliphatic heterocycles. The first kappa shape index (κ1) is 45.4. The van der Waals surface area contributed by atoms with Gasteiger partial charge in [-0.3, -0.25) is 0 Å². The van der Waals surface area contributed by atoms with Crippen LogP contribution in [0.15, 0.2) is 78.9 Å². The van der Waals surface area contributed by atoms with E-state index >= 15 is 0 Å². The maximum absolute atomic E-state index is 13.8. The normalized spacial score (nSPS) is 11.5. The Balaban J connectivity index is 0.000000337. The molecule has 4 aromatic rings. The number of rotatable bonds is 4. The van der Waals surface area contributed by atoms with Crippen LogP contribution in [-0.4, -0.2) is 26.8 Å². The van der Waals surface area contributed by atoms with Crippen molar-refractivity contribution in [2.75, 3.05) is 0 Å². The molecule has 0 spiro atoms. The predicted octanol–water partition coefficient (Wildman–Crippen LogP) is 13.3. The molecule has 0 radical (unpaired) electrons. The largest absolute Gasteiger partial charge is 0.542 e. The van der Waals surface area contributed by atoms with Crippen LogP contribution in [0, 0.1) is 34.0 Å². The third kappa shape index (κ3) is 14.5. The van der Waals surface area contributed by atoms with E-state index in [-0.39, 0.29) is 33.2 Å². The zero-order valence-corrected chi connectivity index (χ0v) is 37.8. The first-order valence-corrected chi connectivity index (χ1v) is 24.2. The van der Waals surface area contributed by atoms with Gasteiger partial charge in [-0.1, -0.05) is 71.9 Å².